The van der Waals surface area contributed by atoms with E-state index in [-0.39, 0.29) is 17.7 Å². The van der Waals surface area contributed by atoms with Gasteiger partial charge in [0.1, 0.15) is 9.88 Å². The second-order valence-corrected chi connectivity index (χ2v) is 6.72. The highest BCUT2D eigenvalue weighted by molar-refractivity contribution is 7.17. The van der Waals surface area contributed by atoms with Gasteiger partial charge in [0, 0.05) is 11.5 Å². The zero-order valence-corrected chi connectivity index (χ0v) is 13.8. The normalized spacial score (nSPS) is 14.7. The summed E-state index contributed by atoms with van der Waals surface area (Å²) in [6.45, 7) is 1.80. The van der Waals surface area contributed by atoms with Gasteiger partial charge in [-0.05, 0) is 19.8 Å². The van der Waals surface area contributed by atoms with Crippen molar-refractivity contribution in [2.75, 3.05) is 0 Å². The molecule has 120 valence electrons. The maximum Gasteiger partial charge on any atom is 0.281 e. The van der Waals surface area contributed by atoms with E-state index in [0.29, 0.717) is 10.6 Å². The predicted molar refractivity (Wildman–Crippen MR) is 89.9 cm³/mol. The van der Waals surface area contributed by atoms with E-state index in [4.69, 9.17) is 0 Å². The van der Waals surface area contributed by atoms with Crippen LogP contribution in [0.1, 0.15) is 41.0 Å². The second kappa shape index (κ2) is 6.91. The third-order valence-corrected chi connectivity index (χ3v) is 5.25. The molecule has 2 amide bonds. The molecule has 0 spiro atoms. The number of carbonyl (C=O) groups excluding carboxylic acids is 2. The molecular formula is C17H19N3O2S. The monoisotopic (exact) mass is 329 g/mol. The average molecular weight is 329 g/mol. The van der Waals surface area contributed by atoms with Crippen molar-refractivity contribution in [3.8, 4) is 10.6 Å². The molecule has 1 heterocycles. The molecule has 2 aromatic rings. The van der Waals surface area contributed by atoms with Crippen LogP contribution in [-0.2, 0) is 4.79 Å². The van der Waals surface area contributed by atoms with E-state index in [1.807, 2.05) is 30.3 Å². The lowest BCUT2D eigenvalue weighted by atomic mass is 10.1. The summed E-state index contributed by atoms with van der Waals surface area (Å²) in [5.74, 6) is -0.382. The molecule has 2 N–H and O–H groups in total. The number of benzene rings is 1. The molecule has 0 saturated heterocycles. The maximum absolute atomic E-state index is 12.3. The fourth-order valence-corrected chi connectivity index (χ4v) is 3.74. The molecule has 0 unspecified atom stereocenters. The number of hydrogen-bond donors (Lipinski definition) is 2. The summed E-state index contributed by atoms with van der Waals surface area (Å²) in [5.41, 5.74) is 6.70. The summed E-state index contributed by atoms with van der Waals surface area (Å²) in [6.07, 6.45) is 3.97. The minimum Gasteiger partial charge on any atom is -0.273 e. The minimum absolute atomic E-state index is 0.0257. The average Bonchev–Trinajstić information content (AvgIpc) is 3.23. The summed E-state index contributed by atoms with van der Waals surface area (Å²) >= 11 is 1.33. The van der Waals surface area contributed by atoms with Gasteiger partial charge in [-0.2, -0.15) is 0 Å². The SMILES string of the molecule is Cc1nc(-c2ccccc2)sc1C(=O)NNC(=O)C1CCCC1. The van der Waals surface area contributed by atoms with Gasteiger partial charge in [-0.1, -0.05) is 43.2 Å². The molecule has 3 rings (SSSR count). The van der Waals surface area contributed by atoms with Gasteiger partial charge in [-0.3, -0.25) is 20.4 Å². The van der Waals surface area contributed by atoms with Crippen LogP contribution >= 0.6 is 11.3 Å². The Morgan fingerprint density at radius 3 is 2.52 bits per heavy atom. The Bertz CT molecular complexity index is 706. The third kappa shape index (κ3) is 3.59. The van der Waals surface area contributed by atoms with Crippen LogP contribution in [0.25, 0.3) is 10.6 Å². The standard InChI is InChI=1S/C17H19N3O2S/c1-11-14(23-17(18-11)13-9-3-2-4-10-13)16(22)20-19-15(21)12-7-5-6-8-12/h2-4,9-10,12H,5-8H2,1H3,(H,19,21)(H,20,22). The highest BCUT2D eigenvalue weighted by Gasteiger charge is 2.23. The summed E-state index contributed by atoms with van der Waals surface area (Å²) in [4.78, 5) is 29.2. The van der Waals surface area contributed by atoms with Gasteiger partial charge >= 0.3 is 0 Å². The van der Waals surface area contributed by atoms with Crippen molar-refractivity contribution in [2.45, 2.75) is 32.6 Å². The van der Waals surface area contributed by atoms with E-state index in [0.717, 1.165) is 36.3 Å². The summed E-state index contributed by atoms with van der Waals surface area (Å²) in [6, 6.07) is 9.74. The number of nitrogens with one attached hydrogen (secondary N) is 2. The van der Waals surface area contributed by atoms with Crippen LogP contribution in [0.15, 0.2) is 30.3 Å². The molecule has 0 aliphatic heterocycles. The van der Waals surface area contributed by atoms with Crippen molar-refractivity contribution in [2.24, 2.45) is 5.92 Å². The van der Waals surface area contributed by atoms with E-state index in [9.17, 15) is 9.59 Å². The Morgan fingerprint density at radius 1 is 1.13 bits per heavy atom. The van der Waals surface area contributed by atoms with Crippen molar-refractivity contribution >= 4 is 23.2 Å². The Labute approximate surface area is 139 Å². The smallest absolute Gasteiger partial charge is 0.273 e. The molecule has 0 atom stereocenters. The molecule has 23 heavy (non-hydrogen) atoms. The van der Waals surface area contributed by atoms with Crippen LogP contribution in [0.3, 0.4) is 0 Å². The molecule has 1 aliphatic rings. The first-order chi connectivity index (χ1) is 11.1. The van der Waals surface area contributed by atoms with Crippen LogP contribution < -0.4 is 10.9 Å². The highest BCUT2D eigenvalue weighted by Crippen LogP contribution is 2.27. The molecule has 0 radical (unpaired) electrons. The van der Waals surface area contributed by atoms with Gasteiger partial charge in [0.2, 0.25) is 5.91 Å². The van der Waals surface area contributed by atoms with Gasteiger partial charge < -0.3 is 0 Å². The molecule has 1 aromatic heterocycles. The molecule has 6 heteroatoms. The van der Waals surface area contributed by atoms with Crippen LogP contribution in [-0.4, -0.2) is 16.8 Å². The van der Waals surface area contributed by atoms with Gasteiger partial charge in [0.15, 0.2) is 0 Å². The predicted octanol–water partition coefficient (Wildman–Crippen LogP) is 3.07. The Hall–Kier alpha value is -2.21. The number of nitrogens with zero attached hydrogens (tertiary/aromatic N) is 1. The molecule has 1 fully saturated rings. The van der Waals surface area contributed by atoms with Crippen LogP contribution in [0, 0.1) is 12.8 Å². The summed E-state index contributed by atoms with van der Waals surface area (Å²) < 4.78 is 0. The number of aromatic nitrogens is 1. The van der Waals surface area contributed by atoms with Gasteiger partial charge in [-0.25, -0.2) is 4.98 Å². The lowest BCUT2D eigenvalue weighted by Crippen LogP contribution is -2.44. The minimum atomic E-state index is -0.312. The second-order valence-electron chi connectivity index (χ2n) is 5.72. The maximum atomic E-state index is 12.3. The van der Waals surface area contributed by atoms with E-state index in [1.165, 1.54) is 11.3 Å². The summed E-state index contributed by atoms with van der Waals surface area (Å²) in [5, 5.41) is 0.801. The van der Waals surface area contributed by atoms with E-state index >= 15 is 0 Å². The molecule has 5 nitrogen and oxygen atoms in total. The van der Waals surface area contributed by atoms with Crippen molar-refractivity contribution in [1.82, 2.24) is 15.8 Å². The number of carbonyl (C=O) groups is 2. The molecule has 1 aromatic carbocycles. The van der Waals surface area contributed by atoms with Gasteiger partial charge in [0.25, 0.3) is 5.91 Å². The number of rotatable bonds is 3. The zero-order chi connectivity index (χ0) is 16.2. The molecule has 1 aliphatic carbocycles. The Kier molecular flexibility index (Phi) is 4.71. The van der Waals surface area contributed by atoms with Crippen molar-refractivity contribution in [1.29, 1.82) is 0 Å². The van der Waals surface area contributed by atoms with Gasteiger partial charge in [0.05, 0.1) is 5.69 Å². The number of hydrazine groups is 1. The van der Waals surface area contributed by atoms with E-state index in [2.05, 4.69) is 15.8 Å². The molecule has 0 bridgehead atoms. The topological polar surface area (TPSA) is 71.1 Å². The zero-order valence-electron chi connectivity index (χ0n) is 13.0. The van der Waals surface area contributed by atoms with Crippen LogP contribution in [0.5, 0.6) is 0 Å². The first-order valence-corrected chi connectivity index (χ1v) is 8.60. The van der Waals surface area contributed by atoms with Crippen LogP contribution in [0.4, 0.5) is 0 Å². The fraction of sp³-hybridized carbons (Fsp3) is 0.353. The first-order valence-electron chi connectivity index (χ1n) is 7.78. The van der Waals surface area contributed by atoms with Crippen LogP contribution in [0.2, 0.25) is 0 Å². The lowest BCUT2D eigenvalue weighted by Gasteiger charge is -2.10. The molecular weight excluding hydrogens is 310 g/mol. The third-order valence-electron chi connectivity index (χ3n) is 4.05. The van der Waals surface area contributed by atoms with E-state index in [1.54, 1.807) is 6.92 Å². The fourth-order valence-electron chi connectivity index (χ4n) is 2.78. The first kappa shape index (κ1) is 15.7. The number of hydrogen-bond acceptors (Lipinski definition) is 4. The van der Waals surface area contributed by atoms with Gasteiger partial charge in [-0.15, -0.1) is 11.3 Å². The quantitative estimate of drug-likeness (QED) is 0.850. The Balaban J connectivity index is 1.65. The van der Waals surface area contributed by atoms with Crippen molar-refractivity contribution in [3.05, 3.63) is 40.9 Å². The molecule has 1 saturated carbocycles. The van der Waals surface area contributed by atoms with Crippen molar-refractivity contribution in [3.63, 3.8) is 0 Å². The summed E-state index contributed by atoms with van der Waals surface area (Å²) in [7, 11) is 0. The number of thiazole rings is 1. The van der Waals surface area contributed by atoms with Crippen molar-refractivity contribution < 1.29 is 9.59 Å². The lowest BCUT2D eigenvalue weighted by molar-refractivity contribution is -0.125. The Morgan fingerprint density at radius 2 is 1.83 bits per heavy atom. The number of aryl methyl sites for hydroxylation is 1. The largest absolute Gasteiger partial charge is 0.281 e. The number of amides is 2. The highest BCUT2D eigenvalue weighted by atomic mass is 32.1. The van der Waals surface area contributed by atoms with E-state index < -0.39 is 0 Å².